The molecule has 0 saturated heterocycles. The fraction of sp³-hybridized carbons (Fsp3) is 0.417. The number of alkyl halides is 2. The Morgan fingerprint density at radius 2 is 2.11 bits per heavy atom. The molecule has 7 nitrogen and oxygen atoms in total. The number of nitrogens with one attached hydrogen (secondary N) is 1. The van der Waals surface area contributed by atoms with Gasteiger partial charge in [-0.3, -0.25) is 14.2 Å². The average molecular weight is 857 g/mol. The van der Waals surface area contributed by atoms with E-state index in [4.69, 9.17) is 11.0 Å². The van der Waals surface area contributed by atoms with Crippen molar-refractivity contribution in [1.82, 2.24) is 14.9 Å². The first kappa shape index (κ1) is 33.4. The van der Waals surface area contributed by atoms with E-state index in [1.807, 2.05) is 0 Å². The van der Waals surface area contributed by atoms with Gasteiger partial charge in [0.25, 0.3) is 5.56 Å². The van der Waals surface area contributed by atoms with E-state index >= 15 is 0 Å². The molecule has 1 saturated carbocycles. The normalized spacial score (nSPS) is 14.9. The molecule has 3 rings (SSSR count). The summed E-state index contributed by atoms with van der Waals surface area (Å²) in [6.07, 6.45) is 2.67. The molecule has 1 atom stereocenters. The maximum absolute atomic E-state index is 14.4. The zero-order valence-corrected chi connectivity index (χ0v) is 26.4. The van der Waals surface area contributed by atoms with Crippen LogP contribution in [0.1, 0.15) is 44.0 Å². The average Bonchev–Trinajstić information content (AvgIpc) is 3.52. The van der Waals surface area contributed by atoms with E-state index in [0.717, 1.165) is 0 Å². The number of halogens is 5. The van der Waals surface area contributed by atoms with Crippen molar-refractivity contribution in [2.45, 2.75) is 61.3 Å². The summed E-state index contributed by atoms with van der Waals surface area (Å²) < 4.78 is 46.9. The molecule has 0 aliphatic heterocycles. The summed E-state index contributed by atoms with van der Waals surface area (Å²) in [6, 6.07) is 11.6. The number of hydrogen-bond acceptors (Lipinski definition) is 5. The minimum atomic E-state index is -3.08. The third kappa shape index (κ3) is 11.3. The molecular weight excluding hydrogens is 831 g/mol. The Bertz CT molecular complexity index is 1180. The Morgan fingerprint density at radius 3 is 2.68 bits per heavy atom. The number of benzene rings is 1. The van der Waals surface area contributed by atoms with Crippen molar-refractivity contribution >= 4 is 31.2 Å². The predicted molar refractivity (Wildman–Crippen MR) is 137 cm³/mol. The third-order valence-corrected chi connectivity index (χ3v) is 7.49. The largest absolute Gasteiger partial charge is 2.00 e. The second kappa shape index (κ2) is 15.1. The molecule has 198 valence electrons. The number of carbonyl (C=O) groups excluding carboxylic acids is 1. The fourth-order valence-electron chi connectivity index (χ4n) is 3.34. The van der Waals surface area contributed by atoms with Crippen LogP contribution in [-0.2, 0) is 24.2 Å². The fourth-order valence-corrected chi connectivity index (χ4v) is 4.10. The van der Waals surface area contributed by atoms with Gasteiger partial charge in [0.2, 0.25) is 5.91 Å². The van der Waals surface area contributed by atoms with Crippen LogP contribution in [0.3, 0.4) is 0 Å². The van der Waals surface area contributed by atoms with E-state index < -0.39 is 36.7 Å². The SMILES string of the molecule is C=IC(C)(F)CCCc1nc(-c2cc[c-]cc2CC#N)cc(=O)n1CC(=O)NC1(N)CC1.F[C-](F)F.[U+2]. The van der Waals surface area contributed by atoms with Crippen molar-refractivity contribution < 1.29 is 53.5 Å². The molecule has 1 aliphatic rings. The van der Waals surface area contributed by atoms with Crippen LogP contribution in [0, 0.1) is 55.2 Å². The van der Waals surface area contributed by atoms with Gasteiger partial charge in [-0.2, -0.15) is 29.5 Å². The van der Waals surface area contributed by atoms with Gasteiger partial charge in [-0.15, -0.1) is 11.1 Å². The molecule has 0 spiro atoms. The molecule has 1 aromatic heterocycles. The van der Waals surface area contributed by atoms with Crippen LogP contribution >= 0.6 is 20.7 Å². The minimum Gasteiger partial charge on any atom is -0.385 e. The molecule has 0 bridgehead atoms. The van der Waals surface area contributed by atoms with Gasteiger partial charge in [0.05, 0.1) is 17.4 Å². The van der Waals surface area contributed by atoms with Crippen molar-refractivity contribution in [3.8, 4) is 17.3 Å². The van der Waals surface area contributed by atoms with Gasteiger partial charge in [-0.1, -0.05) is 25.2 Å². The molecule has 1 fully saturated rings. The van der Waals surface area contributed by atoms with Crippen LogP contribution in [0.2, 0.25) is 0 Å². The van der Waals surface area contributed by atoms with Crippen molar-refractivity contribution in [3.63, 3.8) is 0 Å². The molecule has 2 aromatic rings. The number of aromatic nitrogens is 2. The second-order valence-corrected chi connectivity index (χ2v) is 11.4. The van der Waals surface area contributed by atoms with Crippen LogP contribution in [-0.4, -0.2) is 29.3 Å². The molecule has 1 unspecified atom stereocenters. The molecule has 1 amide bonds. The minimum absolute atomic E-state index is 0. The van der Waals surface area contributed by atoms with E-state index in [1.165, 1.54) is 10.6 Å². The van der Waals surface area contributed by atoms with E-state index in [2.05, 4.69) is 27.0 Å². The summed E-state index contributed by atoms with van der Waals surface area (Å²) in [6.45, 7) is -1.74. The molecule has 37 heavy (non-hydrogen) atoms. The Hall–Kier alpha value is -1.61. The molecule has 0 radical (unpaired) electrons. The molecule has 1 aliphatic carbocycles. The number of carbonyl (C=O) groups is 1. The number of nitrogens with zero attached hydrogens (tertiary/aromatic N) is 3. The molecular formula is C24H26F4IN5O2U. The maximum atomic E-state index is 14.4. The van der Waals surface area contributed by atoms with E-state index in [1.54, 1.807) is 25.1 Å². The Morgan fingerprint density at radius 1 is 1.46 bits per heavy atom. The number of hydrogen-bond donors (Lipinski definition) is 2. The molecule has 13 heteroatoms. The van der Waals surface area contributed by atoms with E-state index in [9.17, 15) is 27.2 Å². The standard InChI is InChI=1S/C23H26FIN5O2.CF3.U/c1-22(24,25-2)10-5-8-19-28-18(17-7-4-3-6-16(17)9-13-26)14-21(32)30(19)15-20(31)29-23(27)11-12-23;2-1(3)4;/h4,6-7,14H,2,5,8-12,15,27H2,1H3,(H,29,31);;/q2*-1;+2. The van der Waals surface area contributed by atoms with Crippen molar-refractivity contribution in [3.05, 3.63) is 58.8 Å². The number of rotatable bonds is 10. The van der Waals surface area contributed by atoms with Crippen LogP contribution in [0.5, 0.6) is 0 Å². The van der Waals surface area contributed by atoms with E-state index in [-0.39, 0.29) is 55.5 Å². The number of nitrogens with two attached hydrogens (primary N) is 1. The Labute approximate surface area is 246 Å². The second-order valence-electron chi connectivity index (χ2n) is 8.38. The number of nitriles is 1. The summed E-state index contributed by atoms with van der Waals surface area (Å²) in [5.74, 6) is 0.0413. The van der Waals surface area contributed by atoms with Gasteiger partial charge in [-0.25, -0.2) is 9.37 Å². The quantitative estimate of drug-likeness (QED) is 0.123. The van der Waals surface area contributed by atoms with Gasteiger partial charge < -0.3 is 24.2 Å². The molecule has 1 heterocycles. The summed E-state index contributed by atoms with van der Waals surface area (Å²) in [5.41, 5.74) is 6.68. The zero-order chi connectivity index (χ0) is 26.9. The van der Waals surface area contributed by atoms with Crippen LogP contribution in [0.25, 0.3) is 11.3 Å². The van der Waals surface area contributed by atoms with Gasteiger partial charge in [0.15, 0.2) is 10.4 Å². The maximum Gasteiger partial charge on any atom is 2.00 e. The summed E-state index contributed by atoms with van der Waals surface area (Å²) in [5, 5.41) is 11.9. The van der Waals surface area contributed by atoms with Crippen molar-refractivity contribution in [1.29, 1.82) is 5.26 Å². The van der Waals surface area contributed by atoms with Crippen LogP contribution in [0.15, 0.2) is 29.1 Å². The van der Waals surface area contributed by atoms with Crippen molar-refractivity contribution in [2.75, 3.05) is 0 Å². The van der Waals surface area contributed by atoms with E-state index in [0.29, 0.717) is 54.7 Å². The third-order valence-electron chi connectivity index (χ3n) is 5.36. The zero-order valence-electron chi connectivity index (χ0n) is 20.1. The Balaban J connectivity index is 0.00000127. The predicted octanol–water partition coefficient (Wildman–Crippen LogP) is 4.09. The summed E-state index contributed by atoms with van der Waals surface area (Å²) in [4.78, 5) is 30.1. The van der Waals surface area contributed by atoms with Crippen LogP contribution in [0.4, 0.5) is 17.6 Å². The smallest absolute Gasteiger partial charge is 0.385 e. The molecule has 1 aromatic carbocycles. The van der Waals surface area contributed by atoms with Gasteiger partial charge in [0.1, 0.15) is 12.4 Å². The number of amides is 1. The first-order chi connectivity index (χ1) is 16.9. The van der Waals surface area contributed by atoms with Gasteiger partial charge in [0, 0.05) is 18.9 Å². The summed E-state index contributed by atoms with van der Waals surface area (Å²) >= 11 is -0.829. The molecule has 3 N–H and O–H groups in total. The van der Waals surface area contributed by atoms with Crippen molar-refractivity contribution in [2.24, 2.45) is 5.73 Å². The monoisotopic (exact) mass is 857 g/mol. The summed E-state index contributed by atoms with van der Waals surface area (Å²) in [7, 11) is 0. The topological polar surface area (TPSA) is 114 Å². The Kier molecular flexibility index (Phi) is 13.6. The number of aryl methyl sites for hydroxylation is 1. The van der Waals surface area contributed by atoms with Gasteiger partial charge >= 0.3 is 31.1 Å². The first-order valence-corrected chi connectivity index (χ1v) is 13.5. The van der Waals surface area contributed by atoms with Gasteiger partial charge in [-0.05, 0) is 32.6 Å². The van der Waals surface area contributed by atoms with Crippen LogP contribution < -0.4 is 16.6 Å². The first-order valence-electron chi connectivity index (χ1n) is 10.9.